The minimum Gasteiger partial charge on any atom is -0.398 e. The van der Waals surface area contributed by atoms with Gasteiger partial charge in [0.15, 0.2) is 11.6 Å². The molecule has 4 unspecified atom stereocenters. The first-order valence-electron chi connectivity index (χ1n) is 12.7. The molecule has 16 heteroatoms. The van der Waals surface area contributed by atoms with E-state index in [1.54, 1.807) is 18.2 Å². The number of hydrogen-bond donors (Lipinski definition) is 1. The van der Waals surface area contributed by atoms with Crippen LogP contribution in [0, 0.1) is 82.7 Å². The van der Waals surface area contributed by atoms with E-state index in [1.165, 1.54) is 13.8 Å². The van der Waals surface area contributed by atoms with E-state index in [1.807, 2.05) is 18.5 Å². The summed E-state index contributed by atoms with van der Waals surface area (Å²) in [7, 11) is 10.8. The molecule has 224 valence electrons. The smallest absolute Gasteiger partial charge is 0.168 e. The Hall–Kier alpha value is -3.42. The van der Waals surface area contributed by atoms with Crippen molar-refractivity contribution in [1.82, 2.24) is 0 Å². The van der Waals surface area contributed by atoms with E-state index < -0.39 is 74.0 Å². The summed E-state index contributed by atoms with van der Waals surface area (Å²) in [6.45, 7) is 2.64. The lowest BCUT2D eigenvalue weighted by Crippen LogP contribution is -2.30. The summed E-state index contributed by atoms with van der Waals surface area (Å²) >= 11 is 0. The van der Waals surface area contributed by atoms with E-state index in [2.05, 4.69) is 18.5 Å². The van der Waals surface area contributed by atoms with E-state index in [9.17, 15) is 20.2 Å². The molecule has 0 saturated heterocycles. The molecule has 0 spiro atoms. The molecule has 4 rings (SSSR count). The third-order valence-corrected chi connectivity index (χ3v) is 10.7. The zero-order valence-corrected chi connectivity index (χ0v) is 28.6. The van der Waals surface area contributed by atoms with Crippen LogP contribution < -0.4 is 37.9 Å². The predicted molar refractivity (Wildman–Crippen MR) is 183 cm³/mol. The van der Waals surface area contributed by atoms with Gasteiger partial charge >= 0.3 is 0 Å². The quantitative estimate of drug-likeness (QED) is 0.194. The van der Waals surface area contributed by atoms with Crippen LogP contribution in [0.1, 0.15) is 33.4 Å². The summed E-state index contributed by atoms with van der Waals surface area (Å²) in [6, 6.07) is 5.17. The molecule has 0 radical (unpaired) electrons. The van der Waals surface area contributed by atoms with Crippen molar-refractivity contribution in [2.45, 2.75) is 13.8 Å². The molecular weight excluding hydrogens is 664 g/mol. The number of nitrogens with two attached hydrogens (primary N) is 1. The van der Waals surface area contributed by atoms with E-state index in [0.717, 1.165) is 15.7 Å². The highest BCUT2D eigenvalue weighted by molar-refractivity contribution is 7.36. The molecule has 1 fully saturated rings. The Morgan fingerprint density at radius 1 is 0.578 bits per heavy atom. The zero-order chi connectivity index (χ0) is 34.0. The maximum absolute atomic E-state index is 15.7. The summed E-state index contributed by atoms with van der Waals surface area (Å²) in [6.07, 6.45) is 0. The maximum Gasteiger partial charge on any atom is 0.168 e. The molecule has 1 saturated carbocycles. The van der Waals surface area contributed by atoms with Gasteiger partial charge in [0.25, 0.3) is 0 Å². The molecule has 0 heterocycles. The van der Waals surface area contributed by atoms with Crippen molar-refractivity contribution in [3.05, 3.63) is 85.0 Å². The van der Waals surface area contributed by atoms with Crippen LogP contribution in [0.15, 0.2) is 16.7 Å². The topological polar surface area (TPSA) is 97.4 Å². The second kappa shape index (κ2) is 12.4. The average Bonchev–Trinajstić information content (AvgIpc) is 3.75. The van der Waals surface area contributed by atoms with Gasteiger partial charge in [0.2, 0.25) is 0 Å². The Labute approximate surface area is 266 Å². The van der Waals surface area contributed by atoms with Gasteiger partial charge in [-0.2, -0.15) is 15.8 Å². The summed E-state index contributed by atoms with van der Waals surface area (Å²) in [5.74, 6) is -6.72. The van der Waals surface area contributed by atoms with Crippen molar-refractivity contribution in [3.63, 3.8) is 0 Å². The fraction of sp³-hybridized carbons (Fsp3) is 0.0690. The predicted octanol–water partition coefficient (Wildman–Crippen LogP) is 1.17. The van der Waals surface area contributed by atoms with E-state index >= 15 is 22.0 Å². The number of nitriles is 3. The lowest BCUT2D eigenvalue weighted by molar-refractivity contribution is 0.503. The van der Waals surface area contributed by atoms with E-state index in [-0.39, 0.29) is 60.0 Å². The van der Waals surface area contributed by atoms with Crippen LogP contribution in [-0.2, 0) is 0 Å². The van der Waals surface area contributed by atoms with Gasteiger partial charge in [0, 0.05) is 49.7 Å². The number of nitrogens with zero attached hydrogens (tertiary/aromatic N) is 3. The normalized spacial score (nSPS) is 15.7. The van der Waals surface area contributed by atoms with Gasteiger partial charge in [0.1, 0.15) is 57.2 Å². The molecule has 0 amide bonds. The molecule has 2 N–H and O–H groups in total. The van der Waals surface area contributed by atoms with Crippen LogP contribution in [0.3, 0.4) is 0 Å². The van der Waals surface area contributed by atoms with Crippen molar-refractivity contribution in [2.24, 2.45) is 5.73 Å². The SMILES string of the molecule is Bc1c(F)c(/C(N)=C2\C(=C(C#N)c3c(F)c(P)c(C)c(F)c3P)\C2=C(/C#N)c2c(F)c(F)c(C)c(P)c2P)c(B)c(F)c1C#N. The molecule has 4 atom stereocenters. The van der Waals surface area contributed by atoms with Gasteiger partial charge in [-0.1, -0.05) is 0 Å². The molecule has 0 bridgehead atoms. The lowest BCUT2D eigenvalue weighted by atomic mass is 9.79. The number of hydrogen-bond acceptors (Lipinski definition) is 4. The molecule has 1 aliphatic carbocycles. The standard InChI is InChI=1S/C29H20B2F6N4P4/c1-6-19(32)23(36)13(29(45)27(6)43)8(3-38)11-12(9(4-39)14-24(37)26(42)7(2)20(33)28(14)44)15(11)25(41)16-18(31)21(34)10(5-40)17(30)22(16)35/h30-31,41-45H2,1-2H3/b11-8-,12-9?,25-15+. The summed E-state index contributed by atoms with van der Waals surface area (Å²) in [4.78, 5) is 0. The highest BCUT2D eigenvalue weighted by Gasteiger charge is 2.44. The first-order chi connectivity index (χ1) is 21.0. The van der Waals surface area contributed by atoms with Gasteiger partial charge in [-0.3, -0.25) is 0 Å². The number of halogens is 6. The minimum absolute atomic E-state index is 0.0530. The summed E-state index contributed by atoms with van der Waals surface area (Å²) in [5, 5.41) is 29.7. The lowest BCUT2D eigenvalue weighted by Gasteiger charge is -2.14. The van der Waals surface area contributed by atoms with Crippen LogP contribution in [0.25, 0.3) is 16.8 Å². The van der Waals surface area contributed by atoms with Gasteiger partial charge < -0.3 is 5.73 Å². The first kappa shape index (κ1) is 34.5. The van der Waals surface area contributed by atoms with Crippen LogP contribution in [0.2, 0.25) is 0 Å². The molecule has 45 heavy (non-hydrogen) atoms. The Balaban J connectivity index is 2.32. The van der Waals surface area contributed by atoms with Crippen molar-refractivity contribution in [1.29, 1.82) is 15.8 Å². The third kappa shape index (κ3) is 5.12. The summed E-state index contributed by atoms with van der Waals surface area (Å²) < 4.78 is 92.3. The van der Waals surface area contributed by atoms with Crippen molar-refractivity contribution in [2.75, 3.05) is 0 Å². The number of rotatable bonds is 3. The van der Waals surface area contributed by atoms with Gasteiger partial charge in [-0.25, -0.2) is 26.3 Å². The average molecular weight is 684 g/mol. The summed E-state index contributed by atoms with van der Waals surface area (Å²) in [5.41, 5.74) is 0.920. The second-order valence-electron chi connectivity index (χ2n) is 10.2. The monoisotopic (exact) mass is 684 g/mol. The van der Waals surface area contributed by atoms with Crippen LogP contribution in [0.4, 0.5) is 26.3 Å². The Bertz CT molecular complexity index is 1970. The fourth-order valence-electron chi connectivity index (χ4n) is 5.12. The molecule has 3 aromatic carbocycles. The molecule has 4 nitrogen and oxygen atoms in total. The number of allylic oxidation sites excluding steroid dienone is 5. The van der Waals surface area contributed by atoms with Crippen LogP contribution in [0.5, 0.6) is 0 Å². The first-order valence-corrected chi connectivity index (χ1v) is 15.1. The molecular formula is C29H20B2F6N4P4. The molecule has 0 aromatic heterocycles. The van der Waals surface area contributed by atoms with Crippen molar-refractivity contribution in [3.8, 4) is 18.2 Å². The van der Waals surface area contributed by atoms with Crippen LogP contribution in [-0.4, -0.2) is 15.7 Å². The Kier molecular flexibility index (Phi) is 9.50. The van der Waals surface area contributed by atoms with E-state index in [0.29, 0.717) is 0 Å². The second-order valence-corrected chi connectivity index (χ2v) is 12.5. The largest absolute Gasteiger partial charge is 0.398 e. The van der Waals surface area contributed by atoms with Gasteiger partial charge in [-0.15, -0.1) is 37.0 Å². The molecule has 3 aromatic rings. The zero-order valence-electron chi connectivity index (χ0n) is 24.0. The third-order valence-electron chi connectivity index (χ3n) is 7.81. The Morgan fingerprint density at radius 2 is 1.07 bits per heavy atom. The Morgan fingerprint density at radius 3 is 1.56 bits per heavy atom. The van der Waals surface area contributed by atoms with Gasteiger partial charge in [0.05, 0.1) is 16.7 Å². The highest BCUT2D eigenvalue weighted by atomic mass is 31.0. The highest BCUT2D eigenvalue weighted by Crippen LogP contribution is 2.55. The van der Waals surface area contributed by atoms with Crippen molar-refractivity contribution >= 4 is 102 Å². The molecule has 0 aliphatic heterocycles. The maximum atomic E-state index is 15.7. The number of benzene rings is 3. The van der Waals surface area contributed by atoms with Gasteiger partial charge in [-0.05, 0) is 46.5 Å². The van der Waals surface area contributed by atoms with Crippen molar-refractivity contribution < 1.29 is 26.3 Å². The molecule has 1 aliphatic rings. The fourth-order valence-corrected chi connectivity index (χ4v) is 6.63. The minimum atomic E-state index is -1.41. The van der Waals surface area contributed by atoms with Crippen LogP contribution >= 0.6 is 37.0 Å². The van der Waals surface area contributed by atoms with E-state index in [4.69, 9.17) is 5.73 Å².